The van der Waals surface area contributed by atoms with Crippen molar-refractivity contribution in [1.82, 2.24) is 5.32 Å². The molecular formula is C24H20NO5-. The van der Waals surface area contributed by atoms with Crippen molar-refractivity contribution in [2.24, 2.45) is 0 Å². The van der Waals surface area contributed by atoms with Crippen LogP contribution in [0.5, 0.6) is 0 Å². The zero-order valence-corrected chi connectivity index (χ0v) is 16.0. The molecule has 1 aliphatic carbocycles. The fourth-order valence-corrected chi connectivity index (χ4v) is 3.88. The average molecular weight is 402 g/mol. The first kappa shape index (κ1) is 19.7. The number of carboxylic acids is 1. The normalized spacial score (nSPS) is 14.3. The van der Waals surface area contributed by atoms with Gasteiger partial charge in [-0.05, 0) is 27.8 Å². The third-order valence-electron chi connectivity index (χ3n) is 5.33. The maximum atomic E-state index is 12.3. The van der Waals surface area contributed by atoms with E-state index in [1.165, 1.54) is 0 Å². The molecule has 0 aliphatic heterocycles. The number of hydrogen-bond acceptors (Lipinski definition) is 5. The number of carboxylic acid groups (broad SMARTS) is 1. The quantitative estimate of drug-likeness (QED) is 0.660. The molecule has 3 aromatic rings. The molecule has 4 rings (SSSR count). The van der Waals surface area contributed by atoms with Gasteiger partial charge in [-0.25, -0.2) is 4.79 Å². The van der Waals surface area contributed by atoms with Crippen molar-refractivity contribution in [3.8, 4) is 11.1 Å². The Morgan fingerprint density at radius 3 is 2.00 bits per heavy atom. The molecule has 0 bridgehead atoms. The molecule has 3 aromatic carbocycles. The first-order valence-corrected chi connectivity index (χ1v) is 9.61. The van der Waals surface area contributed by atoms with Crippen molar-refractivity contribution in [2.45, 2.75) is 18.1 Å². The van der Waals surface area contributed by atoms with E-state index >= 15 is 0 Å². The minimum Gasteiger partial charge on any atom is -0.548 e. The lowest BCUT2D eigenvalue weighted by Crippen LogP contribution is -2.51. The first-order chi connectivity index (χ1) is 14.6. The number of aliphatic hydroxyl groups excluding tert-OH is 1. The molecule has 0 saturated heterocycles. The maximum Gasteiger partial charge on any atom is 0.407 e. The number of amides is 1. The molecule has 6 nitrogen and oxygen atoms in total. The first-order valence-electron chi connectivity index (χ1n) is 9.61. The molecule has 0 fully saturated rings. The number of benzene rings is 3. The van der Waals surface area contributed by atoms with Crippen LogP contribution in [-0.4, -0.2) is 29.8 Å². The van der Waals surface area contributed by atoms with Gasteiger partial charge in [0.25, 0.3) is 0 Å². The lowest BCUT2D eigenvalue weighted by Gasteiger charge is -2.25. The summed E-state index contributed by atoms with van der Waals surface area (Å²) >= 11 is 0. The van der Waals surface area contributed by atoms with Gasteiger partial charge >= 0.3 is 6.09 Å². The number of carbonyl (C=O) groups is 2. The van der Waals surface area contributed by atoms with Gasteiger partial charge in [-0.1, -0.05) is 78.9 Å². The van der Waals surface area contributed by atoms with E-state index in [0.29, 0.717) is 5.56 Å². The summed E-state index contributed by atoms with van der Waals surface area (Å²) in [4.78, 5) is 23.8. The molecule has 152 valence electrons. The number of rotatable bonds is 6. The third kappa shape index (κ3) is 3.77. The van der Waals surface area contributed by atoms with E-state index in [9.17, 15) is 19.8 Å². The highest BCUT2D eigenvalue weighted by molar-refractivity contribution is 5.80. The van der Waals surface area contributed by atoms with Gasteiger partial charge in [-0.3, -0.25) is 0 Å². The van der Waals surface area contributed by atoms with Gasteiger partial charge in [0.15, 0.2) is 0 Å². The zero-order chi connectivity index (χ0) is 21.1. The molecule has 0 aromatic heterocycles. The Kier molecular flexibility index (Phi) is 5.50. The zero-order valence-electron chi connectivity index (χ0n) is 16.0. The van der Waals surface area contributed by atoms with E-state index in [-0.39, 0.29) is 12.5 Å². The number of fused-ring (bicyclic) bond motifs is 3. The average Bonchev–Trinajstić information content (AvgIpc) is 3.10. The second-order valence-corrected chi connectivity index (χ2v) is 7.12. The Balaban J connectivity index is 1.46. The van der Waals surface area contributed by atoms with Crippen molar-refractivity contribution in [3.63, 3.8) is 0 Å². The number of ether oxygens (including phenoxy) is 1. The topological polar surface area (TPSA) is 98.7 Å². The van der Waals surface area contributed by atoms with E-state index in [0.717, 1.165) is 22.3 Å². The number of aliphatic hydroxyl groups is 1. The summed E-state index contributed by atoms with van der Waals surface area (Å²) < 4.78 is 5.35. The van der Waals surface area contributed by atoms with E-state index in [2.05, 4.69) is 5.32 Å². The summed E-state index contributed by atoms with van der Waals surface area (Å²) in [5, 5.41) is 24.1. The molecule has 0 heterocycles. The van der Waals surface area contributed by atoms with Crippen molar-refractivity contribution >= 4 is 12.1 Å². The van der Waals surface area contributed by atoms with Crippen molar-refractivity contribution < 1.29 is 24.5 Å². The van der Waals surface area contributed by atoms with Crippen LogP contribution in [-0.2, 0) is 9.53 Å². The van der Waals surface area contributed by atoms with E-state index < -0.39 is 24.2 Å². The fourth-order valence-electron chi connectivity index (χ4n) is 3.88. The SMILES string of the molecule is O=C(N[C@H](C(=O)[O-])[C@H](O)c1ccccc1)OCC1c2ccccc2-c2ccccc21. The minimum absolute atomic E-state index is 0.0427. The highest BCUT2D eigenvalue weighted by Gasteiger charge is 2.30. The molecule has 0 spiro atoms. The summed E-state index contributed by atoms with van der Waals surface area (Å²) in [6.45, 7) is 0.0427. The van der Waals surface area contributed by atoms with Crippen LogP contribution < -0.4 is 10.4 Å². The Labute approximate surface area is 173 Å². The van der Waals surface area contributed by atoms with Gasteiger partial charge in [0, 0.05) is 5.92 Å². The van der Waals surface area contributed by atoms with Gasteiger partial charge in [0.05, 0.1) is 5.97 Å². The van der Waals surface area contributed by atoms with Gasteiger partial charge in [-0.15, -0.1) is 0 Å². The van der Waals surface area contributed by atoms with E-state index in [4.69, 9.17) is 4.74 Å². The third-order valence-corrected chi connectivity index (χ3v) is 5.33. The fraction of sp³-hybridized carbons (Fsp3) is 0.167. The summed E-state index contributed by atoms with van der Waals surface area (Å²) in [5.41, 5.74) is 4.63. The molecular weight excluding hydrogens is 382 g/mol. The standard InChI is InChI=1S/C24H21NO5/c26-22(15-8-2-1-3-9-15)21(23(27)28)25-24(29)30-14-20-18-12-6-4-10-16(18)17-11-5-7-13-19(17)20/h1-13,20-22,26H,14H2,(H,25,29)(H,27,28)/p-1/t21-,22+/m0/s1. The maximum absolute atomic E-state index is 12.3. The van der Waals surface area contributed by atoms with E-state index in [1.807, 2.05) is 48.5 Å². The molecule has 0 radical (unpaired) electrons. The molecule has 30 heavy (non-hydrogen) atoms. The second-order valence-electron chi connectivity index (χ2n) is 7.12. The summed E-state index contributed by atoms with van der Waals surface area (Å²) in [7, 11) is 0. The summed E-state index contributed by atoms with van der Waals surface area (Å²) in [6.07, 6.45) is -2.39. The number of aliphatic carboxylic acids is 1. The molecule has 2 N–H and O–H groups in total. The molecule has 0 unspecified atom stereocenters. The number of carbonyl (C=O) groups excluding carboxylic acids is 2. The highest BCUT2D eigenvalue weighted by atomic mass is 16.5. The molecule has 1 aliphatic rings. The van der Waals surface area contributed by atoms with Crippen LogP contribution in [0.1, 0.15) is 28.7 Å². The van der Waals surface area contributed by atoms with Crippen LogP contribution in [0.2, 0.25) is 0 Å². The van der Waals surface area contributed by atoms with Crippen LogP contribution in [0.4, 0.5) is 4.79 Å². The smallest absolute Gasteiger partial charge is 0.407 e. The summed E-state index contributed by atoms with van der Waals surface area (Å²) in [6, 6.07) is 22.4. The van der Waals surface area contributed by atoms with Gasteiger partial charge in [-0.2, -0.15) is 0 Å². The van der Waals surface area contributed by atoms with Gasteiger partial charge < -0.3 is 25.1 Å². The van der Waals surface area contributed by atoms with E-state index in [1.54, 1.807) is 30.3 Å². The lowest BCUT2D eigenvalue weighted by molar-refractivity contribution is -0.310. The molecule has 6 heteroatoms. The second kappa shape index (κ2) is 8.39. The van der Waals surface area contributed by atoms with Gasteiger partial charge in [0.2, 0.25) is 0 Å². The summed E-state index contributed by atoms with van der Waals surface area (Å²) in [5.74, 6) is -1.75. The van der Waals surface area contributed by atoms with Crippen LogP contribution in [0.25, 0.3) is 11.1 Å². The van der Waals surface area contributed by atoms with Crippen LogP contribution in [0.15, 0.2) is 78.9 Å². The van der Waals surface area contributed by atoms with Crippen molar-refractivity contribution in [2.75, 3.05) is 6.61 Å². The van der Waals surface area contributed by atoms with Crippen LogP contribution in [0, 0.1) is 0 Å². The predicted octanol–water partition coefficient (Wildman–Crippen LogP) is 2.38. The molecule has 1 amide bonds. The molecule has 0 saturated carbocycles. The largest absolute Gasteiger partial charge is 0.548 e. The van der Waals surface area contributed by atoms with Gasteiger partial charge in [0.1, 0.15) is 18.8 Å². The lowest BCUT2D eigenvalue weighted by atomic mass is 9.98. The molecule has 2 atom stereocenters. The monoisotopic (exact) mass is 402 g/mol. The Morgan fingerprint density at radius 1 is 0.900 bits per heavy atom. The van der Waals surface area contributed by atoms with Crippen LogP contribution >= 0.6 is 0 Å². The Bertz CT molecular complexity index is 1020. The number of nitrogens with one attached hydrogen (secondary N) is 1. The predicted molar refractivity (Wildman–Crippen MR) is 108 cm³/mol. The number of hydrogen-bond donors (Lipinski definition) is 2. The van der Waals surface area contributed by atoms with Crippen molar-refractivity contribution in [1.29, 1.82) is 0 Å². The van der Waals surface area contributed by atoms with Crippen LogP contribution in [0.3, 0.4) is 0 Å². The Hall–Kier alpha value is -3.64. The Morgan fingerprint density at radius 2 is 1.43 bits per heavy atom. The minimum atomic E-state index is -1.64. The highest BCUT2D eigenvalue weighted by Crippen LogP contribution is 2.44. The van der Waals surface area contributed by atoms with Crippen molar-refractivity contribution in [3.05, 3.63) is 95.6 Å². The number of alkyl carbamates (subject to hydrolysis) is 1.